The van der Waals surface area contributed by atoms with Crippen LogP contribution in [0, 0.1) is 0 Å². The molecular formula is C24H29F3N6O3. The van der Waals surface area contributed by atoms with Gasteiger partial charge in [0.05, 0.1) is 25.6 Å². The van der Waals surface area contributed by atoms with Crippen LogP contribution in [-0.4, -0.2) is 50.5 Å². The Bertz CT molecular complexity index is 1210. The first kappa shape index (κ1) is 27.1. The van der Waals surface area contributed by atoms with Crippen LogP contribution in [-0.2, 0) is 28.5 Å². The third-order valence-corrected chi connectivity index (χ3v) is 5.24. The lowest BCUT2D eigenvalue weighted by Crippen LogP contribution is -2.27. The number of anilines is 1. The summed E-state index contributed by atoms with van der Waals surface area (Å²) < 4.78 is 52.2. The van der Waals surface area contributed by atoms with Crippen LogP contribution in [0.2, 0.25) is 0 Å². The molecule has 3 aromatic rings. The summed E-state index contributed by atoms with van der Waals surface area (Å²) in [7, 11) is 3.04. The summed E-state index contributed by atoms with van der Waals surface area (Å²) in [6.45, 7) is 7.74. The van der Waals surface area contributed by atoms with Gasteiger partial charge in [0, 0.05) is 43.4 Å². The second-order valence-electron chi connectivity index (χ2n) is 9.26. The SMILES string of the molecule is COc1c(NC(C)(C)C)ncc(CC(=O)Cc2cnc(-n3nccn3)c(C(F)(F)F)c2)c1C(C)OC. The molecule has 0 radical (unpaired) electrons. The second-order valence-corrected chi connectivity index (χ2v) is 9.26. The van der Waals surface area contributed by atoms with E-state index in [0.29, 0.717) is 22.7 Å². The second kappa shape index (κ2) is 10.6. The monoisotopic (exact) mass is 506 g/mol. The van der Waals surface area contributed by atoms with Crippen molar-refractivity contribution in [3.63, 3.8) is 0 Å². The Kier molecular flexibility index (Phi) is 7.97. The molecule has 194 valence electrons. The summed E-state index contributed by atoms with van der Waals surface area (Å²) in [5, 5.41) is 10.7. The van der Waals surface area contributed by atoms with Crippen LogP contribution in [0.15, 0.2) is 30.9 Å². The van der Waals surface area contributed by atoms with Crippen LogP contribution in [0.1, 0.15) is 56.1 Å². The lowest BCUT2D eigenvalue weighted by atomic mass is 9.96. The van der Waals surface area contributed by atoms with Gasteiger partial charge in [0.25, 0.3) is 0 Å². The van der Waals surface area contributed by atoms with Gasteiger partial charge in [0.2, 0.25) is 0 Å². The highest BCUT2D eigenvalue weighted by Gasteiger charge is 2.36. The van der Waals surface area contributed by atoms with E-state index in [1.807, 2.05) is 27.7 Å². The van der Waals surface area contributed by atoms with Gasteiger partial charge in [0.1, 0.15) is 11.3 Å². The van der Waals surface area contributed by atoms with Crippen LogP contribution in [0.4, 0.5) is 19.0 Å². The number of methoxy groups -OCH3 is 2. The summed E-state index contributed by atoms with van der Waals surface area (Å²) in [5.41, 5.74) is -0.00262. The number of pyridine rings is 2. The molecule has 9 nitrogen and oxygen atoms in total. The minimum atomic E-state index is -4.71. The van der Waals surface area contributed by atoms with E-state index < -0.39 is 23.7 Å². The molecule has 0 aromatic carbocycles. The molecule has 1 unspecified atom stereocenters. The molecular weight excluding hydrogens is 477 g/mol. The van der Waals surface area contributed by atoms with Gasteiger partial charge in [-0.25, -0.2) is 9.97 Å². The molecule has 0 aliphatic carbocycles. The number of rotatable bonds is 9. The van der Waals surface area contributed by atoms with Crippen LogP contribution in [0.25, 0.3) is 5.82 Å². The van der Waals surface area contributed by atoms with E-state index in [9.17, 15) is 18.0 Å². The molecule has 0 saturated carbocycles. The maximum atomic E-state index is 13.7. The van der Waals surface area contributed by atoms with Crippen LogP contribution < -0.4 is 10.1 Å². The Labute approximate surface area is 207 Å². The van der Waals surface area contributed by atoms with Gasteiger partial charge in [-0.15, -0.1) is 4.80 Å². The van der Waals surface area contributed by atoms with Crippen molar-refractivity contribution in [1.29, 1.82) is 0 Å². The molecule has 0 spiro atoms. The zero-order chi connectivity index (χ0) is 26.7. The van der Waals surface area contributed by atoms with Gasteiger partial charge < -0.3 is 14.8 Å². The van der Waals surface area contributed by atoms with E-state index in [2.05, 4.69) is 25.5 Å². The Morgan fingerprint density at radius 1 is 1.08 bits per heavy atom. The molecule has 0 aliphatic heterocycles. The zero-order valence-corrected chi connectivity index (χ0v) is 21.0. The van der Waals surface area contributed by atoms with Gasteiger partial charge in [0.15, 0.2) is 17.4 Å². The first-order valence-electron chi connectivity index (χ1n) is 11.1. The maximum absolute atomic E-state index is 13.7. The van der Waals surface area contributed by atoms with Crippen molar-refractivity contribution in [2.45, 2.75) is 58.4 Å². The number of Topliss-reactive ketones (excluding diaryl/α,β-unsaturated/α-hetero) is 1. The van der Waals surface area contributed by atoms with Gasteiger partial charge in [-0.3, -0.25) is 4.79 Å². The van der Waals surface area contributed by atoms with Crippen molar-refractivity contribution in [2.24, 2.45) is 0 Å². The highest BCUT2D eigenvalue weighted by molar-refractivity contribution is 5.84. The standard InChI is InChI=1S/C24H29F3N6O3/c1-14(35-5)19-16(13-28-21(20(19)36-6)32-23(2,3)4)11-17(34)9-15-10-18(24(25,26)27)22(29-12-15)33-30-7-8-31-33/h7-8,10,12-14H,9,11H2,1-6H3,(H,28,32). The van der Waals surface area contributed by atoms with Crippen LogP contribution >= 0.6 is 0 Å². The summed E-state index contributed by atoms with van der Waals surface area (Å²) in [4.78, 5) is 22.1. The van der Waals surface area contributed by atoms with Crippen molar-refractivity contribution in [2.75, 3.05) is 19.5 Å². The summed E-state index contributed by atoms with van der Waals surface area (Å²) in [5.74, 6) is 0.166. The van der Waals surface area contributed by atoms with Crippen molar-refractivity contribution in [3.8, 4) is 11.6 Å². The largest absolute Gasteiger partial charge is 0.492 e. The normalized spacial score (nSPS) is 12.9. The number of ketones is 1. The fraction of sp³-hybridized carbons (Fsp3) is 0.458. The van der Waals surface area contributed by atoms with Crippen LogP contribution in [0.5, 0.6) is 5.75 Å². The Morgan fingerprint density at radius 3 is 2.31 bits per heavy atom. The highest BCUT2D eigenvalue weighted by atomic mass is 19.4. The molecule has 3 aromatic heterocycles. The smallest absolute Gasteiger partial charge is 0.420 e. The third-order valence-electron chi connectivity index (χ3n) is 5.24. The maximum Gasteiger partial charge on any atom is 0.420 e. The quantitative estimate of drug-likeness (QED) is 0.457. The Morgan fingerprint density at radius 2 is 1.75 bits per heavy atom. The van der Waals surface area contributed by atoms with Crippen molar-refractivity contribution in [3.05, 3.63) is 53.1 Å². The van der Waals surface area contributed by atoms with Crippen molar-refractivity contribution in [1.82, 2.24) is 25.0 Å². The molecule has 0 fully saturated rings. The number of ether oxygens (including phenoxy) is 2. The lowest BCUT2D eigenvalue weighted by Gasteiger charge is -2.26. The fourth-order valence-electron chi connectivity index (χ4n) is 3.69. The number of nitrogens with zero attached hydrogens (tertiary/aromatic N) is 5. The van der Waals surface area contributed by atoms with E-state index >= 15 is 0 Å². The molecule has 0 bridgehead atoms. The van der Waals surface area contributed by atoms with Crippen molar-refractivity contribution < 1.29 is 27.4 Å². The molecule has 3 heterocycles. The molecule has 1 N–H and O–H groups in total. The third kappa shape index (κ3) is 6.36. The highest BCUT2D eigenvalue weighted by Crippen LogP contribution is 2.37. The van der Waals surface area contributed by atoms with Crippen molar-refractivity contribution >= 4 is 11.6 Å². The van der Waals surface area contributed by atoms with E-state index in [-0.39, 0.29) is 29.7 Å². The predicted octanol–water partition coefficient (Wildman–Crippen LogP) is 4.36. The van der Waals surface area contributed by atoms with Gasteiger partial charge in [-0.05, 0) is 44.9 Å². The average molecular weight is 507 g/mol. The molecule has 0 amide bonds. The summed E-state index contributed by atoms with van der Waals surface area (Å²) in [6, 6.07) is 0.900. The van der Waals surface area contributed by atoms with Gasteiger partial charge in [-0.2, -0.15) is 23.4 Å². The average Bonchev–Trinajstić information content (AvgIpc) is 3.32. The molecule has 12 heteroatoms. The lowest BCUT2D eigenvalue weighted by molar-refractivity contribution is -0.138. The molecule has 3 rings (SSSR count). The van der Waals surface area contributed by atoms with E-state index in [0.717, 1.165) is 10.9 Å². The molecule has 0 saturated heterocycles. The number of carbonyl (C=O) groups is 1. The van der Waals surface area contributed by atoms with Crippen LogP contribution in [0.3, 0.4) is 0 Å². The molecule has 0 aliphatic rings. The van der Waals surface area contributed by atoms with E-state index in [1.54, 1.807) is 6.20 Å². The Hall–Kier alpha value is -3.54. The number of alkyl halides is 3. The minimum absolute atomic E-state index is 0.0774. The molecule has 1 atom stereocenters. The Balaban J connectivity index is 1.92. The minimum Gasteiger partial charge on any atom is -0.492 e. The topological polar surface area (TPSA) is 104 Å². The first-order valence-corrected chi connectivity index (χ1v) is 11.1. The summed E-state index contributed by atoms with van der Waals surface area (Å²) in [6.07, 6.45) is -0.176. The van der Waals surface area contributed by atoms with Gasteiger partial charge in [-0.1, -0.05) is 0 Å². The number of aromatic nitrogens is 5. The first-order chi connectivity index (χ1) is 16.8. The number of halogens is 3. The summed E-state index contributed by atoms with van der Waals surface area (Å²) >= 11 is 0. The number of hydrogen-bond donors (Lipinski definition) is 1. The molecule has 36 heavy (non-hydrogen) atoms. The number of carbonyl (C=O) groups excluding carboxylic acids is 1. The van der Waals surface area contributed by atoms with E-state index in [1.165, 1.54) is 32.8 Å². The number of nitrogens with one attached hydrogen (secondary N) is 1. The predicted molar refractivity (Wildman–Crippen MR) is 126 cm³/mol. The van der Waals surface area contributed by atoms with Gasteiger partial charge >= 0.3 is 6.18 Å². The fourth-order valence-corrected chi connectivity index (χ4v) is 3.69. The van der Waals surface area contributed by atoms with E-state index in [4.69, 9.17) is 9.47 Å². The number of hydrogen-bond acceptors (Lipinski definition) is 8. The zero-order valence-electron chi connectivity index (χ0n) is 21.0.